The largest absolute Gasteiger partial charge is 0.379 e. The zero-order valence-corrected chi connectivity index (χ0v) is 8.97. The van der Waals surface area contributed by atoms with Crippen molar-refractivity contribution < 1.29 is 4.74 Å². The van der Waals surface area contributed by atoms with Crippen LogP contribution in [0.3, 0.4) is 0 Å². The van der Waals surface area contributed by atoms with Crippen molar-refractivity contribution in [2.75, 3.05) is 26.7 Å². The van der Waals surface area contributed by atoms with Crippen molar-refractivity contribution in [2.45, 2.75) is 39.7 Å². The molecule has 1 rings (SSSR count). The molecule has 1 saturated heterocycles. The molecule has 0 saturated carbocycles. The highest BCUT2D eigenvalue weighted by Gasteiger charge is 2.03. The third-order valence-corrected chi connectivity index (χ3v) is 1.83. The van der Waals surface area contributed by atoms with Crippen LogP contribution in [0.15, 0.2) is 0 Å². The van der Waals surface area contributed by atoms with Crippen LogP contribution in [0.1, 0.15) is 33.6 Å². The second-order valence-electron chi connectivity index (χ2n) is 3.51. The van der Waals surface area contributed by atoms with Gasteiger partial charge in [0.05, 0.1) is 6.10 Å². The lowest BCUT2D eigenvalue weighted by Gasteiger charge is -2.01. The molecule has 0 bridgehead atoms. The Morgan fingerprint density at radius 1 is 1.25 bits per heavy atom. The van der Waals surface area contributed by atoms with Gasteiger partial charge in [-0.05, 0) is 53.8 Å². The van der Waals surface area contributed by atoms with Crippen LogP contribution in [-0.4, -0.2) is 37.7 Å². The molecule has 1 aliphatic heterocycles. The number of likely N-dealkylation sites (tertiary alicyclic amines) is 1. The van der Waals surface area contributed by atoms with E-state index < -0.39 is 0 Å². The molecular formula is C10H23NO. The fourth-order valence-electron chi connectivity index (χ4n) is 1.21. The Kier molecular flexibility index (Phi) is 7.51. The van der Waals surface area contributed by atoms with Gasteiger partial charge >= 0.3 is 0 Å². The molecule has 0 N–H and O–H groups in total. The minimum Gasteiger partial charge on any atom is -0.379 e. The van der Waals surface area contributed by atoms with Crippen molar-refractivity contribution in [1.29, 1.82) is 0 Å². The van der Waals surface area contributed by atoms with E-state index >= 15 is 0 Å². The monoisotopic (exact) mass is 173 g/mol. The van der Waals surface area contributed by atoms with Gasteiger partial charge in [-0.15, -0.1) is 0 Å². The Hall–Kier alpha value is -0.0800. The molecule has 74 valence electrons. The Morgan fingerprint density at radius 3 is 1.83 bits per heavy atom. The summed E-state index contributed by atoms with van der Waals surface area (Å²) in [7, 11) is 2.17. The normalized spacial score (nSPS) is 17.8. The van der Waals surface area contributed by atoms with Crippen LogP contribution in [-0.2, 0) is 4.74 Å². The topological polar surface area (TPSA) is 12.5 Å². The third-order valence-electron chi connectivity index (χ3n) is 1.83. The highest BCUT2D eigenvalue weighted by atomic mass is 16.5. The van der Waals surface area contributed by atoms with Gasteiger partial charge < -0.3 is 9.64 Å². The van der Waals surface area contributed by atoms with Crippen LogP contribution in [0, 0.1) is 0 Å². The summed E-state index contributed by atoms with van der Waals surface area (Å²) < 4.78 is 5.04. The van der Waals surface area contributed by atoms with Crippen molar-refractivity contribution in [3.8, 4) is 0 Å². The Morgan fingerprint density at radius 2 is 1.75 bits per heavy atom. The van der Waals surface area contributed by atoms with E-state index in [9.17, 15) is 0 Å². The molecule has 0 aromatic heterocycles. The fourth-order valence-corrected chi connectivity index (χ4v) is 1.21. The standard InChI is InChI=1S/C5H11N.C5H12O/c1-6-4-2-3-5-6;1-4-6-5(2)3/h2-5H2,1H3;5H,4H2,1-3H3. The van der Waals surface area contributed by atoms with Crippen molar-refractivity contribution >= 4 is 0 Å². The highest BCUT2D eigenvalue weighted by molar-refractivity contribution is 4.59. The zero-order valence-electron chi connectivity index (χ0n) is 8.97. The molecule has 0 atom stereocenters. The molecule has 1 aliphatic rings. The predicted octanol–water partition coefficient (Wildman–Crippen LogP) is 2.14. The number of hydrogen-bond acceptors (Lipinski definition) is 2. The molecule has 2 heteroatoms. The molecule has 1 fully saturated rings. The first-order valence-electron chi connectivity index (χ1n) is 4.97. The molecule has 0 amide bonds. The molecule has 0 unspecified atom stereocenters. The number of rotatable bonds is 2. The summed E-state index contributed by atoms with van der Waals surface area (Å²) in [6, 6.07) is 0. The first-order chi connectivity index (χ1) is 5.66. The Bertz CT molecular complexity index is 87.8. The predicted molar refractivity (Wildman–Crippen MR) is 53.5 cm³/mol. The van der Waals surface area contributed by atoms with Crippen LogP contribution in [0.4, 0.5) is 0 Å². The summed E-state index contributed by atoms with van der Waals surface area (Å²) in [5.74, 6) is 0. The molecular weight excluding hydrogens is 150 g/mol. The van der Waals surface area contributed by atoms with Gasteiger partial charge in [-0.1, -0.05) is 0 Å². The number of hydrogen-bond donors (Lipinski definition) is 0. The van der Waals surface area contributed by atoms with E-state index in [1.807, 2.05) is 20.8 Å². The molecule has 1 heterocycles. The average Bonchev–Trinajstić information content (AvgIpc) is 2.40. The lowest BCUT2D eigenvalue weighted by molar-refractivity contribution is 0.0899. The molecule has 0 spiro atoms. The minimum absolute atomic E-state index is 0.398. The van der Waals surface area contributed by atoms with Crippen molar-refractivity contribution in [1.82, 2.24) is 4.90 Å². The fraction of sp³-hybridized carbons (Fsp3) is 1.00. The van der Waals surface area contributed by atoms with Gasteiger partial charge in [-0.25, -0.2) is 0 Å². The first kappa shape index (κ1) is 11.9. The highest BCUT2D eigenvalue weighted by Crippen LogP contribution is 2.02. The molecule has 0 aliphatic carbocycles. The lowest BCUT2D eigenvalue weighted by Crippen LogP contribution is -2.10. The van der Waals surface area contributed by atoms with E-state index in [-0.39, 0.29) is 0 Å². The average molecular weight is 173 g/mol. The van der Waals surface area contributed by atoms with E-state index in [0.29, 0.717) is 6.10 Å². The molecule has 0 aromatic carbocycles. The molecule has 2 nitrogen and oxygen atoms in total. The number of nitrogens with zero attached hydrogens (tertiary/aromatic N) is 1. The lowest BCUT2D eigenvalue weighted by atomic mass is 10.4. The smallest absolute Gasteiger partial charge is 0.0518 e. The Balaban J connectivity index is 0.000000202. The van der Waals surface area contributed by atoms with Crippen LogP contribution in [0.5, 0.6) is 0 Å². The molecule has 0 aromatic rings. The summed E-state index contributed by atoms with van der Waals surface area (Å²) in [6.07, 6.45) is 3.22. The van der Waals surface area contributed by atoms with E-state index in [2.05, 4.69) is 11.9 Å². The maximum absolute atomic E-state index is 5.04. The van der Waals surface area contributed by atoms with E-state index in [0.717, 1.165) is 6.61 Å². The first-order valence-corrected chi connectivity index (χ1v) is 4.97. The SMILES string of the molecule is CCOC(C)C.CN1CCCC1. The zero-order chi connectivity index (χ0) is 9.40. The van der Waals surface area contributed by atoms with Gasteiger partial charge in [0, 0.05) is 6.61 Å². The van der Waals surface area contributed by atoms with Crippen molar-refractivity contribution in [3.05, 3.63) is 0 Å². The van der Waals surface area contributed by atoms with Gasteiger partial charge in [0.25, 0.3) is 0 Å². The van der Waals surface area contributed by atoms with E-state index in [4.69, 9.17) is 4.74 Å². The summed E-state index contributed by atoms with van der Waals surface area (Å²) in [5, 5.41) is 0. The van der Waals surface area contributed by atoms with Crippen LogP contribution < -0.4 is 0 Å². The summed E-state index contributed by atoms with van der Waals surface area (Å²) in [6.45, 7) is 9.53. The maximum Gasteiger partial charge on any atom is 0.0518 e. The van der Waals surface area contributed by atoms with Crippen LogP contribution >= 0.6 is 0 Å². The van der Waals surface area contributed by atoms with Gasteiger partial charge in [0.1, 0.15) is 0 Å². The Labute approximate surface area is 76.9 Å². The van der Waals surface area contributed by atoms with Crippen molar-refractivity contribution in [3.63, 3.8) is 0 Å². The second kappa shape index (κ2) is 7.56. The molecule has 12 heavy (non-hydrogen) atoms. The summed E-state index contributed by atoms with van der Waals surface area (Å²) >= 11 is 0. The third kappa shape index (κ3) is 8.02. The minimum atomic E-state index is 0.398. The summed E-state index contributed by atoms with van der Waals surface area (Å²) in [4.78, 5) is 2.36. The van der Waals surface area contributed by atoms with Crippen LogP contribution in [0.2, 0.25) is 0 Å². The van der Waals surface area contributed by atoms with Gasteiger partial charge in [0.2, 0.25) is 0 Å². The summed E-state index contributed by atoms with van der Waals surface area (Å²) in [5.41, 5.74) is 0. The van der Waals surface area contributed by atoms with Gasteiger partial charge in [-0.3, -0.25) is 0 Å². The van der Waals surface area contributed by atoms with Gasteiger partial charge in [0.15, 0.2) is 0 Å². The van der Waals surface area contributed by atoms with Crippen LogP contribution in [0.25, 0.3) is 0 Å². The molecule has 0 radical (unpaired) electrons. The van der Waals surface area contributed by atoms with E-state index in [1.165, 1.54) is 25.9 Å². The maximum atomic E-state index is 5.04. The number of ether oxygens (including phenoxy) is 1. The van der Waals surface area contributed by atoms with Gasteiger partial charge in [-0.2, -0.15) is 0 Å². The van der Waals surface area contributed by atoms with E-state index in [1.54, 1.807) is 0 Å². The quantitative estimate of drug-likeness (QED) is 0.634. The van der Waals surface area contributed by atoms with Crippen molar-refractivity contribution in [2.24, 2.45) is 0 Å². The second-order valence-corrected chi connectivity index (χ2v) is 3.51.